The molecule has 0 spiro atoms. The van der Waals surface area contributed by atoms with Gasteiger partial charge in [0.25, 0.3) is 0 Å². The van der Waals surface area contributed by atoms with Crippen LogP contribution in [0.3, 0.4) is 0 Å². The number of sulfone groups is 1. The second kappa shape index (κ2) is 6.18. The standard InChI is InChI=1S/C14H18N2O2S/c15-9-12-1-3-13(4-2-12)10-19(17,18)11-14-5-7-16-8-6-14/h1-4,14,16H,5-8,10-11H2. The first-order valence-electron chi connectivity index (χ1n) is 6.49. The van der Waals surface area contributed by atoms with Gasteiger partial charge in [-0.25, -0.2) is 8.42 Å². The Morgan fingerprint density at radius 1 is 1.21 bits per heavy atom. The Labute approximate surface area is 114 Å². The molecular formula is C14H18N2O2S. The molecule has 0 bridgehead atoms. The summed E-state index contributed by atoms with van der Waals surface area (Å²) in [5, 5.41) is 11.9. The van der Waals surface area contributed by atoms with Gasteiger partial charge in [-0.1, -0.05) is 12.1 Å². The third-order valence-corrected chi connectivity index (χ3v) is 5.17. The monoisotopic (exact) mass is 278 g/mol. The molecule has 1 saturated heterocycles. The number of nitrogens with one attached hydrogen (secondary N) is 1. The third kappa shape index (κ3) is 4.34. The van der Waals surface area contributed by atoms with Crippen LogP contribution in [0.1, 0.15) is 24.0 Å². The van der Waals surface area contributed by atoms with Crippen LogP contribution in [0.2, 0.25) is 0 Å². The van der Waals surface area contributed by atoms with Crippen molar-refractivity contribution in [3.8, 4) is 6.07 Å². The predicted molar refractivity (Wildman–Crippen MR) is 74.2 cm³/mol. The second-order valence-corrected chi connectivity index (χ2v) is 7.17. The highest BCUT2D eigenvalue weighted by atomic mass is 32.2. The minimum absolute atomic E-state index is 0.0721. The molecule has 4 nitrogen and oxygen atoms in total. The fourth-order valence-corrected chi connectivity index (χ4v) is 4.27. The Morgan fingerprint density at radius 2 is 1.84 bits per heavy atom. The van der Waals surface area contributed by atoms with Gasteiger partial charge in [-0.15, -0.1) is 0 Å². The summed E-state index contributed by atoms with van der Waals surface area (Å²) in [7, 11) is -3.06. The van der Waals surface area contributed by atoms with Gasteiger partial charge in [0, 0.05) is 0 Å². The summed E-state index contributed by atoms with van der Waals surface area (Å²) in [6.45, 7) is 1.83. The van der Waals surface area contributed by atoms with Crippen molar-refractivity contribution >= 4 is 9.84 Å². The molecule has 102 valence electrons. The van der Waals surface area contributed by atoms with E-state index in [0.29, 0.717) is 5.56 Å². The molecule has 1 aliphatic heterocycles. The lowest BCUT2D eigenvalue weighted by atomic mass is 10.0. The quantitative estimate of drug-likeness (QED) is 0.905. The lowest BCUT2D eigenvalue weighted by Gasteiger charge is -2.22. The molecular weight excluding hydrogens is 260 g/mol. The summed E-state index contributed by atoms with van der Waals surface area (Å²) in [6, 6.07) is 8.79. The van der Waals surface area contributed by atoms with Crippen LogP contribution in [0.15, 0.2) is 24.3 Å². The van der Waals surface area contributed by atoms with E-state index in [1.54, 1.807) is 24.3 Å². The van der Waals surface area contributed by atoms with E-state index in [-0.39, 0.29) is 17.4 Å². The fraction of sp³-hybridized carbons (Fsp3) is 0.500. The Bertz CT molecular complexity index is 552. The number of nitrogens with zero attached hydrogens (tertiary/aromatic N) is 1. The number of benzene rings is 1. The molecule has 1 aliphatic rings. The highest BCUT2D eigenvalue weighted by Gasteiger charge is 2.21. The molecule has 19 heavy (non-hydrogen) atoms. The van der Waals surface area contributed by atoms with E-state index in [1.165, 1.54) is 0 Å². The van der Waals surface area contributed by atoms with E-state index in [2.05, 4.69) is 5.32 Å². The maximum absolute atomic E-state index is 12.1. The molecule has 0 amide bonds. The molecule has 0 atom stereocenters. The van der Waals surface area contributed by atoms with Crippen molar-refractivity contribution < 1.29 is 8.42 Å². The normalized spacial score (nSPS) is 17.0. The van der Waals surface area contributed by atoms with Crippen molar-refractivity contribution in [2.24, 2.45) is 5.92 Å². The molecule has 1 N–H and O–H groups in total. The van der Waals surface area contributed by atoms with E-state index in [0.717, 1.165) is 31.5 Å². The Hall–Kier alpha value is -1.38. The van der Waals surface area contributed by atoms with Crippen molar-refractivity contribution in [3.05, 3.63) is 35.4 Å². The maximum Gasteiger partial charge on any atom is 0.154 e. The molecule has 1 fully saturated rings. The van der Waals surface area contributed by atoms with Crippen molar-refractivity contribution in [2.45, 2.75) is 18.6 Å². The first kappa shape index (κ1) is 14.0. The van der Waals surface area contributed by atoms with Crippen molar-refractivity contribution in [1.29, 1.82) is 5.26 Å². The van der Waals surface area contributed by atoms with Crippen LogP contribution in [-0.4, -0.2) is 27.3 Å². The molecule has 1 heterocycles. The Kier molecular flexibility index (Phi) is 4.56. The van der Waals surface area contributed by atoms with E-state index in [1.807, 2.05) is 6.07 Å². The molecule has 2 rings (SSSR count). The van der Waals surface area contributed by atoms with Gasteiger partial charge in [-0.05, 0) is 49.5 Å². The van der Waals surface area contributed by atoms with E-state index in [4.69, 9.17) is 5.26 Å². The summed E-state index contributed by atoms with van der Waals surface area (Å²) in [6.07, 6.45) is 1.87. The van der Waals surface area contributed by atoms with Crippen LogP contribution >= 0.6 is 0 Å². The predicted octanol–water partition coefficient (Wildman–Crippen LogP) is 1.47. The molecule has 0 saturated carbocycles. The average Bonchev–Trinajstić information content (AvgIpc) is 2.39. The van der Waals surface area contributed by atoms with E-state index >= 15 is 0 Å². The Morgan fingerprint density at radius 3 is 2.42 bits per heavy atom. The van der Waals surface area contributed by atoms with Crippen molar-refractivity contribution in [3.63, 3.8) is 0 Å². The average molecular weight is 278 g/mol. The largest absolute Gasteiger partial charge is 0.317 e. The summed E-state index contributed by atoms with van der Waals surface area (Å²) >= 11 is 0. The van der Waals surface area contributed by atoms with Crippen molar-refractivity contribution in [1.82, 2.24) is 5.32 Å². The zero-order valence-electron chi connectivity index (χ0n) is 10.8. The number of piperidine rings is 1. The third-order valence-electron chi connectivity index (χ3n) is 3.42. The van der Waals surface area contributed by atoms with Gasteiger partial charge in [0.15, 0.2) is 9.84 Å². The smallest absolute Gasteiger partial charge is 0.154 e. The summed E-state index contributed by atoms with van der Waals surface area (Å²) in [5.41, 5.74) is 1.31. The summed E-state index contributed by atoms with van der Waals surface area (Å²) in [5.74, 6) is 0.627. The zero-order valence-corrected chi connectivity index (χ0v) is 11.6. The fourth-order valence-electron chi connectivity index (χ4n) is 2.40. The van der Waals surface area contributed by atoms with Gasteiger partial charge in [0.1, 0.15) is 0 Å². The zero-order chi connectivity index (χ0) is 13.7. The second-order valence-electron chi connectivity index (χ2n) is 5.06. The van der Waals surface area contributed by atoms with E-state index < -0.39 is 9.84 Å². The van der Waals surface area contributed by atoms with Gasteiger partial charge in [0.05, 0.1) is 23.1 Å². The lowest BCUT2D eigenvalue weighted by Crippen LogP contribution is -2.31. The van der Waals surface area contributed by atoms with Crippen LogP contribution < -0.4 is 5.32 Å². The van der Waals surface area contributed by atoms with Gasteiger partial charge in [-0.2, -0.15) is 5.26 Å². The molecule has 0 aliphatic carbocycles. The van der Waals surface area contributed by atoms with Gasteiger partial charge >= 0.3 is 0 Å². The minimum atomic E-state index is -3.06. The number of hydrogen-bond acceptors (Lipinski definition) is 4. The van der Waals surface area contributed by atoms with Gasteiger partial charge < -0.3 is 5.32 Å². The molecule has 5 heteroatoms. The van der Waals surface area contributed by atoms with Gasteiger partial charge in [0.2, 0.25) is 0 Å². The van der Waals surface area contributed by atoms with Crippen LogP contribution in [0.25, 0.3) is 0 Å². The van der Waals surface area contributed by atoms with E-state index in [9.17, 15) is 8.42 Å². The van der Waals surface area contributed by atoms with Crippen molar-refractivity contribution in [2.75, 3.05) is 18.8 Å². The van der Waals surface area contributed by atoms with Crippen LogP contribution in [0.5, 0.6) is 0 Å². The van der Waals surface area contributed by atoms with Gasteiger partial charge in [-0.3, -0.25) is 0 Å². The summed E-state index contributed by atoms with van der Waals surface area (Å²) in [4.78, 5) is 0. The Balaban J connectivity index is 1.97. The van der Waals surface area contributed by atoms with Crippen LogP contribution in [-0.2, 0) is 15.6 Å². The summed E-state index contributed by atoms with van der Waals surface area (Å²) < 4.78 is 24.3. The molecule has 0 radical (unpaired) electrons. The highest BCUT2D eigenvalue weighted by molar-refractivity contribution is 7.90. The first-order chi connectivity index (χ1) is 9.09. The van der Waals surface area contributed by atoms with Crippen LogP contribution in [0.4, 0.5) is 0 Å². The SMILES string of the molecule is N#Cc1ccc(CS(=O)(=O)CC2CCNCC2)cc1. The molecule has 0 unspecified atom stereocenters. The number of hydrogen-bond donors (Lipinski definition) is 1. The molecule has 1 aromatic rings. The number of nitriles is 1. The highest BCUT2D eigenvalue weighted by Crippen LogP contribution is 2.17. The maximum atomic E-state index is 12.1. The lowest BCUT2D eigenvalue weighted by molar-refractivity contribution is 0.401. The molecule has 0 aromatic heterocycles. The molecule has 1 aromatic carbocycles. The minimum Gasteiger partial charge on any atom is -0.317 e. The first-order valence-corrected chi connectivity index (χ1v) is 8.31. The van der Waals surface area contributed by atoms with Crippen LogP contribution in [0, 0.1) is 17.2 Å². The number of rotatable bonds is 4. The topological polar surface area (TPSA) is 70.0 Å².